The summed E-state index contributed by atoms with van der Waals surface area (Å²) < 4.78 is 18.6. The minimum Gasteiger partial charge on any atom is -0.484 e. The predicted molar refractivity (Wildman–Crippen MR) is 79.1 cm³/mol. The highest BCUT2D eigenvalue weighted by Crippen LogP contribution is 2.22. The van der Waals surface area contributed by atoms with E-state index in [1.54, 1.807) is 24.3 Å². The second-order valence-electron chi connectivity index (χ2n) is 4.00. The Balaban J connectivity index is 1.92. The maximum atomic E-state index is 13.0. The number of carbonyl (C=O) groups is 1. The molecule has 0 unspecified atom stereocenters. The van der Waals surface area contributed by atoms with Crippen LogP contribution in [-0.2, 0) is 4.79 Å². The van der Waals surface area contributed by atoms with Gasteiger partial charge in [0.1, 0.15) is 11.6 Å². The Morgan fingerprint density at radius 2 is 2.05 bits per heavy atom. The van der Waals surface area contributed by atoms with Gasteiger partial charge in [0, 0.05) is 0 Å². The van der Waals surface area contributed by atoms with Crippen molar-refractivity contribution in [3.63, 3.8) is 0 Å². The molecule has 0 radical (unpaired) electrons. The van der Waals surface area contributed by atoms with E-state index in [2.05, 4.69) is 21.2 Å². The molecule has 6 heteroatoms. The smallest absolute Gasteiger partial charge is 0.262 e. The first-order valence-corrected chi connectivity index (χ1v) is 6.58. The van der Waals surface area contributed by atoms with Gasteiger partial charge in [-0.2, -0.15) is 0 Å². The number of ether oxygens (including phenoxy) is 1. The van der Waals surface area contributed by atoms with Gasteiger partial charge in [-0.3, -0.25) is 4.79 Å². The molecule has 0 aliphatic carbocycles. The van der Waals surface area contributed by atoms with Crippen molar-refractivity contribution in [3.8, 4) is 5.75 Å². The summed E-state index contributed by atoms with van der Waals surface area (Å²) in [6, 6.07) is 11.1. The van der Waals surface area contributed by atoms with Gasteiger partial charge in [0.2, 0.25) is 0 Å². The van der Waals surface area contributed by atoms with Gasteiger partial charge in [-0.15, -0.1) is 0 Å². The third kappa shape index (κ3) is 3.71. The Labute approximate surface area is 123 Å². The number of nitrogens with one attached hydrogen (secondary N) is 1. The molecule has 20 heavy (non-hydrogen) atoms. The normalized spacial score (nSPS) is 10.1. The molecule has 2 rings (SSSR count). The largest absolute Gasteiger partial charge is 0.484 e. The Hall–Kier alpha value is -2.08. The molecule has 0 aliphatic heterocycles. The lowest BCUT2D eigenvalue weighted by Gasteiger charge is -2.09. The maximum absolute atomic E-state index is 13.0. The highest BCUT2D eigenvalue weighted by atomic mass is 79.9. The maximum Gasteiger partial charge on any atom is 0.262 e. The highest BCUT2D eigenvalue weighted by molar-refractivity contribution is 9.10. The number of para-hydroxylation sites is 2. The molecule has 1 amide bonds. The second-order valence-corrected chi connectivity index (χ2v) is 4.85. The van der Waals surface area contributed by atoms with Gasteiger partial charge in [-0.25, -0.2) is 4.39 Å². The number of hydrogen-bond acceptors (Lipinski definition) is 3. The van der Waals surface area contributed by atoms with Crippen molar-refractivity contribution >= 4 is 33.2 Å². The van der Waals surface area contributed by atoms with Gasteiger partial charge in [0.15, 0.2) is 6.61 Å². The number of anilines is 2. The molecule has 0 heterocycles. The molecule has 0 saturated carbocycles. The second kappa shape index (κ2) is 6.38. The van der Waals surface area contributed by atoms with Crippen molar-refractivity contribution in [3.05, 3.63) is 52.8 Å². The molecule has 0 bridgehead atoms. The summed E-state index contributed by atoms with van der Waals surface area (Å²) in [5, 5.41) is 2.63. The van der Waals surface area contributed by atoms with Crippen LogP contribution in [0.2, 0.25) is 0 Å². The van der Waals surface area contributed by atoms with Crippen LogP contribution in [0.3, 0.4) is 0 Å². The average Bonchev–Trinajstić information content (AvgIpc) is 2.43. The average molecular weight is 339 g/mol. The fourth-order valence-corrected chi connectivity index (χ4v) is 1.87. The van der Waals surface area contributed by atoms with Crippen LogP contribution in [0.4, 0.5) is 15.8 Å². The third-order valence-electron chi connectivity index (χ3n) is 2.50. The summed E-state index contributed by atoms with van der Waals surface area (Å²) in [5.41, 5.74) is 6.72. The van der Waals surface area contributed by atoms with E-state index in [1.165, 1.54) is 18.2 Å². The first-order valence-electron chi connectivity index (χ1n) is 5.78. The van der Waals surface area contributed by atoms with E-state index in [9.17, 15) is 9.18 Å². The molecule has 4 nitrogen and oxygen atoms in total. The van der Waals surface area contributed by atoms with Crippen molar-refractivity contribution in [2.24, 2.45) is 0 Å². The molecule has 104 valence electrons. The summed E-state index contributed by atoms with van der Waals surface area (Å²) in [6.07, 6.45) is 0. The molecule has 0 atom stereocenters. The molecule has 3 N–H and O–H groups in total. The molecule has 0 saturated heterocycles. The van der Waals surface area contributed by atoms with E-state index in [0.717, 1.165) is 0 Å². The van der Waals surface area contributed by atoms with Crippen molar-refractivity contribution in [2.45, 2.75) is 0 Å². The van der Waals surface area contributed by atoms with E-state index >= 15 is 0 Å². The van der Waals surface area contributed by atoms with Crippen LogP contribution in [0.5, 0.6) is 5.75 Å². The lowest BCUT2D eigenvalue weighted by atomic mass is 10.2. The Morgan fingerprint density at radius 1 is 1.30 bits per heavy atom. The van der Waals surface area contributed by atoms with Crippen molar-refractivity contribution in [1.29, 1.82) is 0 Å². The third-order valence-corrected chi connectivity index (χ3v) is 3.10. The van der Waals surface area contributed by atoms with Crippen molar-refractivity contribution < 1.29 is 13.9 Å². The number of benzene rings is 2. The molecular weight excluding hydrogens is 327 g/mol. The van der Waals surface area contributed by atoms with Gasteiger partial charge >= 0.3 is 0 Å². The van der Waals surface area contributed by atoms with Gasteiger partial charge in [-0.1, -0.05) is 12.1 Å². The van der Waals surface area contributed by atoms with Gasteiger partial charge in [0.25, 0.3) is 5.91 Å². The monoisotopic (exact) mass is 338 g/mol. The number of nitrogen functional groups attached to an aromatic ring is 1. The van der Waals surface area contributed by atoms with Crippen LogP contribution in [0.25, 0.3) is 0 Å². The first kappa shape index (κ1) is 14.3. The molecule has 0 fully saturated rings. The molecule has 2 aromatic carbocycles. The van der Waals surface area contributed by atoms with E-state index in [0.29, 0.717) is 17.1 Å². The standard InChI is InChI=1S/C14H12BrFN2O2/c15-10-7-9(5-6-11(10)16)20-8-14(19)18-13-4-2-1-3-12(13)17/h1-7H,8,17H2,(H,18,19). The number of rotatable bonds is 4. The minimum atomic E-state index is -0.390. The molecular formula is C14H12BrFN2O2. The Morgan fingerprint density at radius 3 is 2.75 bits per heavy atom. The summed E-state index contributed by atoms with van der Waals surface area (Å²) in [4.78, 5) is 11.7. The summed E-state index contributed by atoms with van der Waals surface area (Å²) in [6.45, 7) is -0.188. The van der Waals surface area contributed by atoms with E-state index in [-0.39, 0.29) is 22.8 Å². The van der Waals surface area contributed by atoms with Crippen molar-refractivity contribution in [2.75, 3.05) is 17.7 Å². The SMILES string of the molecule is Nc1ccccc1NC(=O)COc1ccc(F)c(Br)c1. The molecule has 0 aromatic heterocycles. The summed E-state index contributed by atoms with van der Waals surface area (Å²) in [7, 11) is 0. The zero-order valence-electron chi connectivity index (χ0n) is 10.4. The first-order chi connectivity index (χ1) is 9.56. The highest BCUT2D eigenvalue weighted by Gasteiger charge is 2.07. The van der Waals surface area contributed by atoms with Crippen LogP contribution < -0.4 is 15.8 Å². The Kier molecular flexibility index (Phi) is 4.57. The zero-order chi connectivity index (χ0) is 14.5. The molecule has 2 aromatic rings. The number of amides is 1. The zero-order valence-corrected chi connectivity index (χ0v) is 12.0. The topological polar surface area (TPSA) is 64.3 Å². The van der Waals surface area contributed by atoms with Crippen molar-refractivity contribution in [1.82, 2.24) is 0 Å². The van der Waals surface area contributed by atoms with Gasteiger partial charge in [0.05, 0.1) is 15.8 Å². The fourth-order valence-electron chi connectivity index (χ4n) is 1.51. The Bertz CT molecular complexity index is 634. The number of carbonyl (C=O) groups excluding carboxylic acids is 1. The minimum absolute atomic E-state index is 0.188. The van der Waals surface area contributed by atoms with Crippen LogP contribution in [0.15, 0.2) is 46.9 Å². The summed E-state index contributed by atoms with van der Waals surface area (Å²) in [5.74, 6) is -0.336. The van der Waals surface area contributed by atoms with E-state index < -0.39 is 0 Å². The van der Waals surface area contributed by atoms with Crippen LogP contribution in [0.1, 0.15) is 0 Å². The predicted octanol–water partition coefficient (Wildman–Crippen LogP) is 3.19. The lowest BCUT2D eigenvalue weighted by molar-refractivity contribution is -0.118. The van der Waals surface area contributed by atoms with Gasteiger partial charge in [-0.05, 0) is 46.3 Å². The van der Waals surface area contributed by atoms with Crippen LogP contribution >= 0.6 is 15.9 Å². The number of nitrogens with two attached hydrogens (primary N) is 1. The number of hydrogen-bond donors (Lipinski definition) is 2. The quantitative estimate of drug-likeness (QED) is 0.841. The van der Waals surface area contributed by atoms with Crippen LogP contribution in [-0.4, -0.2) is 12.5 Å². The number of halogens is 2. The lowest BCUT2D eigenvalue weighted by Crippen LogP contribution is -2.20. The molecule has 0 spiro atoms. The van der Waals surface area contributed by atoms with Crippen LogP contribution in [0, 0.1) is 5.82 Å². The van der Waals surface area contributed by atoms with E-state index in [4.69, 9.17) is 10.5 Å². The van der Waals surface area contributed by atoms with Gasteiger partial charge < -0.3 is 15.8 Å². The summed E-state index contributed by atoms with van der Waals surface area (Å²) >= 11 is 3.04. The van der Waals surface area contributed by atoms with E-state index in [1.807, 2.05) is 0 Å². The fraction of sp³-hybridized carbons (Fsp3) is 0.0714. The molecule has 0 aliphatic rings.